The molecule has 0 aliphatic heterocycles. The summed E-state index contributed by atoms with van der Waals surface area (Å²) < 4.78 is 69.0. The number of nitrogens with one attached hydrogen (secondary N) is 1. The van der Waals surface area contributed by atoms with Crippen molar-refractivity contribution in [1.82, 2.24) is 10.3 Å². The van der Waals surface area contributed by atoms with Crippen LogP contribution in [0.25, 0.3) is 11.5 Å². The number of aromatic nitrogens is 1. The highest BCUT2D eigenvalue weighted by atomic mass is 19.3. The topological polar surface area (TPSA) is 137 Å². The van der Waals surface area contributed by atoms with Crippen LogP contribution in [0, 0.1) is 17.6 Å². The third kappa shape index (κ3) is 6.22. The van der Waals surface area contributed by atoms with Crippen LogP contribution in [0.5, 0.6) is 11.5 Å². The standard InChI is InChI=1S/C25H23F4N3O6/c1-11(30)21-20(22(33)31-19(24(34)35)15-6-5-14(26)9-16(15)27)32-23(38-21)13-4-7-17(37-25(28)29)18(8-13)36-10-12-2-3-12/h4-9,11-12,19,25H,2-3,10,30H2,1H3,(H,31,33)(H,34,35)/t11-,19-/m0/s1. The van der Waals surface area contributed by atoms with Crippen molar-refractivity contribution in [2.45, 2.75) is 38.5 Å². The molecule has 1 aliphatic carbocycles. The number of ether oxygens (including phenoxy) is 2. The first-order chi connectivity index (χ1) is 18.0. The summed E-state index contributed by atoms with van der Waals surface area (Å²) in [6, 6.07) is 3.43. The first-order valence-electron chi connectivity index (χ1n) is 11.5. The molecule has 2 atom stereocenters. The fourth-order valence-electron chi connectivity index (χ4n) is 3.57. The molecule has 202 valence electrons. The van der Waals surface area contributed by atoms with Gasteiger partial charge in [-0.15, -0.1) is 0 Å². The van der Waals surface area contributed by atoms with Gasteiger partial charge in [0.1, 0.15) is 11.6 Å². The van der Waals surface area contributed by atoms with Crippen LogP contribution in [-0.4, -0.2) is 35.2 Å². The van der Waals surface area contributed by atoms with E-state index in [2.05, 4.69) is 15.0 Å². The lowest BCUT2D eigenvalue weighted by atomic mass is 10.1. The SMILES string of the molecule is C[C@H](N)c1oc(-c2ccc(OC(F)F)c(OCC3CC3)c2)nc1C(=O)N[C@H](C(=O)O)c1ccc(F)cc1F. The van der Waals surface area contributed by atoms with Crippen LogP contribution >= 0.6 is 0 Å². The van der Waals surface area contributed by atoms with Crippen LogP contribution in [0.2, 0.25) is 0 Å². The number of rotatable bonds is 11. The Hall–Kier alpha value is -4.13. The zero-order valence-electron chi connectivity index (χ0n) is 19.9. The molecule has 13 heteroatoms. The highest BCUT2D eigenvalue weighted by Crippen LogP contribution is 2.37. The highest BCUT2D eigenvalue weighted by Gasteiger charge is 2.30. The number of oxazole rings is 1. The predicted molar refractivity (Wildman–Crippen MR) is 124 cm³/mol. The molecule has 1 aromatic heterocycles. The first kappa shape index (κ1) is 26.9. The third-order valence-corrected chi connectivity index (χ3v) is 5.66. The van der Waals surface area contributed by atoms with E-state index in [-0.39, 0.29) is 34.4 Å². The molecule has 9 nitrogen and oxygen atoms in total. The Morgan fingerprint density at radius 1 is 1.18 bits per heavy atom. The van der Waals surface area contributed by atoms with Crippen molar-refractivity contribution >= 4 is 11.9 Å². The van der Waals surface area contributed by atoms with Gasteiger partial charge in [0.05, 0.1) is 12.6 Å². The summed E-state index contributed by atoms with van der Waals surface area (Å²) in [5.74, 6) is -4.88. The molecule has 0 unspecified atom stereocenters. The summed E-state index contributed by atoms with van der Waals surface area (Å²) in [4.78, 5) is 29.0. The second kappa shape index (κ2) is 11.1. The maximum Gasteiger partial charge on any atom is 0.387 e. The average Bonchev–Trinajstić information content (AvgIpc) is 3.56. The number of carbonyl (C=O) groups is 2. The number of nitrogens with zero attached hydrogens (tertiary/aromatic N) is 1. The summed E-state index contributed by atoms with van der Waals surface area (Å²) in [7, 11) is 0. The third-order valence-electron chi connectivity index (χ3n) is 5.66. The van der Waals surface area contributed by atoms with E-state index in [0.717, 1.165) is 25.0 Å². The van der Waals surface area contributed by atoms with Crippen molar-refractivity contribution in [3.8, 4) is 23.0 Å². The highest BCUT2D eigenvalue weighted by molar-refractivity contribution is 5.96. The second-order valence-corrected chi connectivity index (χ2v) is 8.73. The van der Waals surface area contributed by atoms with Gasteiger partial charge in [-0.1, -0.05) is 6.07 Å². The fraction of sp³-hybridized carbons (Fsp3) is 0.320. The van der Waals surface area contributed by atoms with Gasteiger partial charge in [-0.3, -0.25) is 4.79 Å². The van der Waals surface area contributed by atoms with E-state index in [4.69, 9.17) is 14.9 Å². The molecule has 1 saturated carbocycles. The number of carboxylic acid groups (broad SMARTS) is 1. The Morgan fingerprint density at radius 2 is 1.92 bits per heavy atom. The molecule has 1 aliphatic rings. The molecule has 1 fully saturated rings. The normalized spacial score (nSPS) is 14.7. The summed E-state index contributed by atoms with van der Waals surface area (Å²) in [5, 5.41) is 11.7. The molecular formula is C25H23F4N3O6. The summed E-state index contributed by atoms with van der Waals surface area (Å²) in [5.41, 5.74) is 5.30. The van der Waals surface area contributed by atoms with Crippen molar-refractivity contribution in [3.63, 3.8) is 0 Å². The summed E-state index contributed by atoms with van der Waals surface area (Å²) in [6.45, 7) is -1.30. The van der Waals surface area contributed by atoms with Crippen molar-refractivity contribution in [2.75, 3.05) is 6.61 Å². The number of benzene rings is 2. The van der Waals surface area contributed by atoms with Gasteiger partial charge in [-0.05, 0) is 49.9 Å². The number of nitrogens with two attached hydrogens (primary N) is 1. The molecule has 2 aromatic carbocycles. The molecule has 38 heavy (non-hydrogen) atoms. The van der Waals surface area contributed by atoms with Crippen LogP contribution < -0.4 is 20.5 Å². The van der Waals surface area contributed by atoms with E-state index in [1.807, 2.05) is 0 Å². The van der Waals surface area contributed by atoms with E-state index < -0.39 is 47.8 Å². The Balaban J connectivity index is 1.65. The number of aliphatic carboxylic acids is 1. The lowest BCUT2D eigenvalue weighted by Gasteiger charge is -2.15. The van der Waals surface area contributed by atoms with Gasteiger partial charge in [-0.25, -0.2) is 18.6 Å². The summed E-state index contributed by atoms with van der Waals surface area (Å²) >= 11 is 0. The van der Waals surface area contributed by atoms with Crippen LogP contribution in [0.3, 0.4) is 0 Å². The maximum absolute atomic E-state index is 14.2. The van der Waals surface area contributed by atoms with E-state index in [1.54, 1.807) is 0 Å². The molecule has 1 heterocycles. The zero-order valence-corrected chi connectivity index (χ0v) is 19.9. The average molecular weight is 537 g/mol. The quantitative estimate of drug-likeness (QED) is 0.302. The van der Waals surface area contributed by atoms with Gasteiger partial charge < -0.3 is 30.0 Å². The van der Waals surface area contributed by atoms with Gasteiger partial charge in [0.2, 0.25) is 5.89 Å². The molecule has 1 amide bonds. The van der Waals surface area contributed by atoms with Crippen molar-refractivity contribution in [2.24, 2.45) is 11.7 Å². The molecular weight excluding hydrogens is 514 g/mol. The maximum atomic E-state index is 14.2. The largest absolute Gasteiger partial charge is 0.489 e. The van der Waals surface area contributed by atoms with E-state index >= 15 is 0 Å². The van der Waals surface area contributed by atoms with E-state index in [0.29, 0.717) is 18.6 Å². The number of alkyl halides is 2. The van der Waals surface area contributed by atoms with Gasteiger partial charge in [-0.2, -0.15) is 8.78 Å². The molecule has 0 saturated heterocycles. The minimum Gasteiger partial charge on any atom is -0.489 e. The van der Waals surface area contributed by atoms with Crippen molar-refractivity contribution in [1.29, 1.82) is 0 Å². The molecule has 3 aromatic rings. The number of carbonyl (C=O) groups excluding carboxylic acids is 1. The minimum absolute atomic E-state index is 0.0129. The fourth-order valence-corrected chi connectivity index (χ4v) is 3.57. The number of amides is 1. The van der Waals surface area contributed by atoms with Gasteiger partial charge in [0.15, 0.2) is 29.0 Å². The van der Waals surface area contributed by atoms with Crippen LogP contribution in [0.15, 0.2) is 40.8 Å². The Bertz CT molecular complexity index is 1340. The van der Waals surface area contributed by atoms with E-state index in [9.17, 15) is 32.3 Å². The molecule has 0 radical (unpaired) electrons. The Morgan fingerprint density at radius 3 is 2.53 bits per heavy atom. The van der Waals surface area contributed by atoms with Crippen molar-refractivity contribution in [3.05, 3.63) is 65.1 Å². The number of hydrogen-bond donors (Lipinski definition) is 3. The number of halogens is 4. The van der Waals surface area contributed by atoms with Gasteiger partial charge >= 0.3 is 12.6 Å². The first-order valence-corrected chi connectivity index (χ1v) is 11.5. The van der Waals surface area contributed by atoms with Crippen molar-refractivity contribution < 1.29 is 46.1 Å². The van der Waals surface area contributed by atoms with Crippen LogP contribution in [0.1, 0.15) is 53.7 Å². The van der Waals surface area contributed by atoms with Crippen LogP contribution in [0.4, 0.5) is 17.6 Å². The molecule has 0 spiro atoms. The second-order valence-electron chi connectivity index (χ2n) is 8.73. The minimum atomic E-state index is -3.08. The van der Waals surface area contributed by atoms with Crippen LogP contribution in [-0.2, 0) is 4.79 Å². The Labute approximate surface area is 213 Å². The molecule has 0 bridgehead atoms. The lowest BCUT2D eigenvalue weighted by molar-refractivity contribution is -0.139. The smallest absolute Gasteiger partial charge is 0.387 e. The lowest BCUT2D eigenvalue weighted by Crippen LogP contribution is -2.35. The number of carboxylic acids is 1. The predicted octanol–water partition coefficient (Wildman–Crippen LogP) is 4.59. The van der Waals surface area contributed by atoms with E-state index in [1.165, 1.54) is 25.1 Å². The number of hydrogen-bond acceptors (Lipinski definition) is 7. The molecule has 4 rings (SSSR count). The molecule has 4 N–H and O–H groups in total. The zero-order chi connectivity index (χ0) is 27.6. The van der Waals surface area contributed by atoms with Gasteiger partial charge in [0.25, 0.3) is 5.91 Å². The Kier molecular flexibility index (Phi) is 7.86. The monoisotopic (exact) mass is 537 g/mol. The van der Waals surface area contributed by atoms with Gasteiger partial charge in [0, 0.05) is 17.2 Å². The summed E-state index contributed by atoms with van der Waals surface area (Å²) in [6.07, 6.45) is 1.92.